The van der Waals surface area contributed by atoms with Gasteiger partial charge in [0.2, 0.25) is 0 Å². The van der Waals surface area contributed by atoms with E-state index in [1.54, 1.807) is 0 Å². The lowest BCUT2D eigenvalue weighted by molar-refractivity contribution is -0.149. The van der Waals surface area contributed by atoms with Gasteiger partial charge in [0.05, 0.1) is 7.11 Å². The van der Waals surface area contributed by atoms with E-state index in [9.17, 15) is 4.79 Å². The minimum absolute atomic E-state index is 0.0961. The average molecular weight is 282 g/mol. The smallest absolute Gasteiger partial charge is 0.326 e. The minimum Gasteiger partial charge on any atom is -0.468 e. The van der Waals surface area contributed by atoms with Crippen LogP contribution in [0.3, 0.4) is 0 Å². The van der Waals surface area contributed by atoms with E-state index in [1.165, 1.54) is 20.0 Å². The Kier molecular flexibility index (Phi) is 4.75. The minimum atomic E-state index is -0.481. The third kappa shape index (κ3) is 3.17. The van der Waals surface area contributed by atoms with Crippen LogP contribution in [-0.4, -0.2) is 48.7 Å². The third-order valence-electron chi connectivity index (χ3n) is 5.15. The maximum absolute atomic E-state index is 12.3. The first kappa shape index (κ1) is 15.8. The Morgan fingerprint density at radius 2 is 1.95 bits per heavy atom. The number of carbonyl (C=O) groups is 1. The van der Waals surface area contributed by atoms with Crippen molar-refractivity contribution in [1.82, 2.24) is 10.2 Å². The predicted molar refractivity (Wildman–Crippen MR) is 80.6 cm³/mol. The summed E-state index contributed by atoms with van der Waals surface area (Å²) in [6.45, 7) is 6.51. The van der Waals surface area contributed by atoms with E-state index in [0.29, 0.717) is 18.1 Å². The SMILES string of the molecule is COC(=O)C1(NC(C)C)CCC(N(C)C(C)C2CC2)C1. The zero-order chi connectivity index (χ0) is 14.9. The largest absolute Gasteiger partial charge is 0.468 e. The van der Waals surface area contributed by atoms with Crippen molar-refractivity contribution >= 4 is 5.97 Å². The molecular weight excluding hydrogens is 252 g/mol. The number of hydrogen-bond donors (Lipinski definition) is 1. The zero-order valence-electron chi connectivity index (χ0n) is 13.6. The zero-order valence-corrected chi connectivity index (χ0v) is 13.6. The summed E-state index contributed by atoms with van der Waals surface area (Å²) in [5.74, 6) is 0.771. The van der Waals surface area contributed by atoms with Gasteiger partial charge >= 0.3 is 5.97 Å². The summed E-state index contributed by atoms with van der Waals surface area (Å²) in [5.41, 5.74) is -0.481. The van der Waals surface area contributed by atoms with Crippen molar-refractivity contribution in [2.75, 3.05) is 14.2 Å². The van der Waals surface area contributed by atoms with Crippen molar-refractivity contribution in [3.05, 3.63) is 0 Å². The van der Waals surface area contributed by atoms with Crippen molar-refractivity contribution in [3.63, 3.8) is 0 Å². The van der Waals surface area contributed by atoms with Gasteiger partial charge in [-0.25, -0.2) is 0 Å². The summed E-state index contributed by atoms with van der Waals surface area (Å²) in [6, 6.07) is 1.41. The summed E-state index contributed by atoms with van der Waals surface area (Å²) in [6.07, 6.45) is 5.55. The number of esters is 1. The topological polar surface area (TPSA) is 41.6 Å². The molecule has 4 nitrogen and oxygen atoms in total. The van der Waals surface area contributed by atoms with Crippen LogP contribution in [0, 0.1) is 5.92 Å². The molecule has 0 aromatic heterocycles. The van der Waals surface area contributed by atoms with Gasteiger partial charge in [-0.05, 0) is 65.8 Å². The maximum atomic E-state index is 12.3. The van der Waals surface area contributed by atoms with E-state index in [2.05, 4.69) is 38.0 Å². The van der Waals surface area contributed by atoms with E-state index >= 15 is 0 Å². The van der Waals surface area contributed by atoms with Crippen LogP contribution in [0.2, 0.25) is 0 Å². The first-order valence-corrected chi connectivity index (χ1v) is 7.97. The molecule has 4 heteroatoms. The van der Waals surface area contributed by atoms with E-state index in [-0.39, 0.29) is 5.97 Å². The second kappa shape index (κ2) is 6.02. The van der Waals surface area contributed by atoms with Crippen LogP contribution in [0.5, 0.6) is 0 Å². The Morgan fingerprint density at radius 1 is 1.30 bits per heavy atom. The van der Waals surface area contributed by atoms with Crippen LogP contribution < -0.4 is 5.32 Å². The Hall–Kier alpha value is -0.610. The quantitative estimate of drug-likeness (QED) is 0.758. The van der Waals surface area contributed by atoms with Crippen LogP contribution in [0.1, 0.15) is 52.9 Å². The second-order valence-corrected chi connectivity index (χ2v) is 7.01. The molecule has 2 saturated carbocycles. The van der Waals surface area contributed by atoms with Crippen LogP contribution in [0.4, 0.5) is 0 Å². The number of ether oxygens (including phenoxy) is 1. The number of carbonyl (C=O) groups excluding carboxylic acids is 1. The molecule has 0 radical (unpaired) electrons. The average Bonchev–Trinajstić information content (AvgIpc) is 3.17. The summed E-state index contributed by atoms with van der Waals surface area (Å²) in [7, 11) is 3.71. The molecule has 0 aromatic carbocycles. The molecule has 0 aromatic rings. The van der Waals surface area contributed by atoms with Crippen molar-refractivity contribution in [2.24, 2.45) is 5.92 Å². The van der Waals surface area contributed by atoms with Gasteiger partial charge in [-0.15, -0.1) is 0 Å². The first-order chi connectivity index (χ1) is 9.39. The maximum Gasteiger partial charge on any atom is 0.326 e. The second-order valence-electron chi connectivity index (χ2n) is 7.01. The monoisotopic (exact) mass is 282 g/mol. The van der Waals surface area contributed by atoms with Crippen molar-refractivity contribution in [3.8, 4) is 0 Å². The van der Waals surface area contributed by atoms with Crippen LogP contribution >= 0.6 is 0 Å². The molecule has 20 heavy (non-hydrogen) atoms. The third-order valence-corrected chi connectivity index (χ3v) is 5.15. The fourth-order valence-corrected chi connectivity index (χ4v) is 3.73. The predicted octanol–water partition coefficient (Wildman–Crippen LogP) is 2.18. The molecule has 0 spiro atoms. The number of methoxy groups -OCH3 is 1. The highest BCUT2D eigenvalue weighted by atomic mass is 16.5. The Balaban J connectivity index is 2.04. The summed E-state index contributed by atoms with van der Waals surface area (Å²) >= 11 is 0. The van der Waals surface area contributed by atoms with Gasteiger partial charge in [0.25, 0.3) is 0 Å². The van der Waals surface area contributed by atoms with Crippen molar-refractivity contribution < 1.29 is 9.53 Å². The van der Waals surface area contributed by atoms with E-state index in [1.807, 2.05) is 0 Å². The van der Waals surface area contributed by atoms with Gasteiger partial charge in [0.15, 0.2) is 0 Å². The Bertz CT molecular complexity index is 354. The molecule has 0 bridgehead atoms. The fraction of sp³-hybridized carbons (Fsp3) is 0.938. The number of nitrogens with one attached hydrogen (secondary N) is 1. The molecule has 2 rings (SSSR count). The molecule has 2 aliphatic carbocycles. The van der Waals surface area contributed by atoms with Gasteiger partial charge in [-0.1, -0.05) is 0 Å². The molecular formula is C16H30N2O2. The number of rotatable bonds is 6. The lowest BCUT2D eigenvalue weighted by Gasteiger charge is -2.34. The van der Waals surface area contributed by atoms with Crippen LogP contribution in [-0.2, 0) is 9.53 Å². The molecule has 3 atom stereocenters. The molecule has 0 saturated heterocycles. The van der Waals surface area contributed by atoms with Crippen molar-refractivity contribution in [1.29, 1.82) is 0 Å². The summed E-state index contributed by atoms with van der Waals surface area (Å²) in [4.78, 5) is 14.7. The van der Waals surface area contributed by atoms with Crippen molar-refractivity contribution in [2.45, 2.75) is 76.5 Å². The van der Waals surface area contributed by atoms with E-state index in [4.69, 9.17) is 4.74 Å². The van der Waals surface area contributed by atoms with Crippen LogP contribution in [0.25, 0.3) is 0 Å². The number of nitrogens with zero attached hydrogens (tertiary/aromatic N) is 1. The summed E-state index contributed by atoms with van der Waals surface area (Å²) < 4.78 is 5.07. The number of hydrogen-bond acceptors (Lipinski definition) is 4. The molecule has 0 heterocycles. The standard InChI is InChI=1S/C16H30N2O2/c1-11(2)17-16(15(19)20-5)9-8-14(10-16)18(4)12(3)13-6-7-13/h11-14,17H,6-10H2,1-5H3. The highest BCUT2D eigenvalue weighted by Crippen LogP contribution is 2.40. The lowest BCUT2D eigenvalue weighted by atomic mass is 9.95. The summed E-state index contributed by atoms with van der Waals surface area (Å²) in [5, 5.41) is 3.47. The highest BCUT2D eigenvalue weighted by molar-refractivity contribution is 5.81. The van der Waals surface area contributed by atoms with Gasteiger partial charge in [0.1, 0.15) is 5.54 Å². The van der Waals surface area contributed by atoms with E-state index in [0.717, 1.165) is 25.2 Å². The molecule has 0 amide bonds. The van der Waals surface area contributed by atoms with Gasteiger partial charge < -0.3 is 9.64 Å². The molecule has 2 aliphatic rings. The van der Waals surface area contributed by atoms with Gasteiger partial charge in [0, 0.05) is 18.1 Å². The first-order valence-electron chi connectivity index (χ1n) is 7.97. The Morgan fingerprint density at radius 3 is 2.45 bits per heavy atom. The van der Waals surface area contributed by atoms with Crippen LogP contribution in [0.15, 0.2) is 0 Å². The molecule has 116 valence electrons. The van der Waals surface area contributed by atoms with E-state index < -0.39 is 5.54 Å². The lowest BCUT2D eigenvalue weighted by Crippen LogP contribution is -2.54. The molecule has 3 unspecified atom stereocenters. The molecule has 2 fully saturated rings. The molecule has 0 aliphatic heterocycles. The normalized spacial score (nSPS) is 31.9. The fourth-order valence-electron chi connectivity index (χ4n) is 3.73. The highest BCUT2D eigenvalue weighted by Gasteiger charge is 2.48. The Labute approximate surface area is 123 Å². The van der Waals surface area contributed by atoms with Gasteiger partial charge in [-0.3, -0.25) is 10.1 Å². The molecule has 1 N–H and O–H groups in total. The van der Waals surface area contributed by atoms with Gasteiger partial charge in [-0.2, -0.15) is 0 Å².